The number of nitriles is 1. The molecule has 0 amide bonds. The van der Waals surface area contributed by atoms with E-state index in [9.17, 15) is 0 Å². The molecule has 1 N–H and O–H groups in total. The van der Waals surface area contributed by atoms with Crippen LogP contribution in [-0.4, -0.2) is 13.1 Å². The summed E-state index contributed by atoms with van der Waals surface area (Å²) in [4.78, 5) is 0. The van der Waals surface area contributed by atoms with Gasteiger partial charge >= 0.3 is 0 Å². The van der Waals surface area contributed by atoms with E-state index in [2.05, 4.69) is 17.5 Å². The van der Waals surface area contributed by atoms with Crippen LogP contribution in [0.4, 0.5) is 0 Å². The lowest BCUT2D eigenvalue weighted by Crippen LogP contribution is -2.60. The van der Waals surface area contributed by atoms with E-state index >= 15 is 0 Å². The largest absolute Gasteiger partial charge is 0.316 e. The number of benzene rings is 1. The molecule has 0 radical (unpaired) electrons. The zero-order chi connectivity index (χ0) is 12.8. The van der Waals surface area contributed by atoms with Crippen LogP contribution in [0.15, 0.2) is 12.1 Å². The normalized spacial score (nSPS) is 21.2. The molecule has 2 nitrogen and oxygen atoms in total. The summed E-state index contributed by atoms with van der Waals surface area (Å²) >= 11 is 6.03. The summed E-state index contributed by atoms with van der Waals surface area (Å²) in [5.41, 5.74) is 3.64. The van der Waals surface area contributed by atoms with Gasteiger partial charge in [-0.05, 0) is 54.7 Å². The number of rotatable bonds is 2. The van der Waals surface area contributed by atoms with Crippen LogP contribution in [-0.2, 0) is 6.42 Å². The maximum Gasteiger partial charge on any atom is 0.101 e. The van der Waals surface area contributed by atoms with Gasteiger partial charge in [0.15, 0.2) is 0 Å². The van der Waals surface area contributed by atoms with Gasteiger partial charge in [0.2, 0.25) is 0 Å². The molecule has 2 aliphatic rings. The van der Waals surface area contributed by atoms with Gasteiger partial charge in [-0.15, -0.1) is 0 Å². The Morgan fingerprint density at radius 1 is 1.44 bits per heavy atom. The van der Waals surface area contributed by atoms with E-state index in [1.807, 2.05) is 13.0 Å². The smallest absolute Gasteiger partial charge is 0.101 e. The quantitative estimate of drug-likeness (QED) is 0.887. The molecule has 1 aromatic rings. The van der Waals surface area contributed by atoms with Crippen molar-refractivity contribution in [1.29, 1.82) is 5.26 Å². The first-order valence-electron chi connectivity index (χ1n) is 6.52. The second kappa shape index (κ2) is 4.26. The van der Waals surface area contributed by atoms with Crippen LogP contribution in [0.25, 0.3) is 0 Å². The molecule has 3 rings (SSSR count). The van der Waals surface area contributed by atoms with Crippen LogP contribution in [0.3, 0.4) is 0 Å². The topological polar surface area (TPSA) is 35.8 Å². The molecule has 1 saturated carbocycles. The zero-order valence-electron chi connectivity index (χ0n) is 10.6. The minimum Gasteiger partial charge on any atom is -0.316 e. The lowest BCUT2D eigenvalue weighted by Gasteiger charge is -2.54. The van der Waals surface area contributed by atoms with Gasteiger partial charge in [0.05, 0.1) is 10.6 Å². The molecule has 2 fully saturated rings. The molecule has 1 aromatic carbocycles. The molecular formula is C15H17ClN2. The molecule has 1 spiro atoms. The van der Waals surface area contributed by atoms with E-state index in [0.29, 0.717) is 16.0 Å². The molecule has 1 heterocycles. The van der Waals surface area contributed by atoms with Gasteiger partial charge in [-0.2, -0.15) is 5.26 Å². The minimum absolute atomic E-state index is 0.576. The highest BCUT2D eigenvalue weighted by atomic mass is 35.5. The Bertz CT molecular complexity index is 518. The molecule has 18 heavy (non-hydrogen) atoms. The summed E-state index contributed by atoms with van der Waals surface area (Å²) in [5.74, 6) is 0.790. The van der Waals surface area contributed by atoms with Gasteiger partial charge in [-0.1, -0.05) is 17.7 Å². The maximum absolute atomic E-state index is 9.12. The average molecular weight is 261 g/mol. The third-order valence-corrected chi connectivity index (χ3v) is 4.91. The van der Waals surface area contributed by atoms with E-state index < -0.39 is 0 Å². The molecule has 1 aliphatic carbocycles. The van der Waals surface area contributed by atoms with Crippen molar-refractivity contribution in [3.63, 3.8) is 0 Å². The molecule has 94 valence electrons. The molecule has 0 aromatic heterocycles. The van der Waals surface area contributed by atoms with Crippen molar-refractivity contribution in [2.24, 2.45) is 11.3 Å². The highest BCUT2D eigenvalue weighted by Gasteiger charge is 2.47. The van der Waals surface area contributed by atoms with E-state index in [0.717, 1.165) is 17.9 Å². The van der Waals surface area contributed by atoms with Crippen molar-refractivity contribution < 1.29 is 0 Å². The second-order valence-electron chi connectivity index (χ2n) is 5.90. The van der Waals surface area contributed by atoms with Crippen LogP contribution < -0.4 is 5.32 Å². The van der Waals surface area contributed by atoms with Crippen molar-refractivity contribution in [3.8, 4) is 6.07 Å². The Kier molecular flexibility index (Phi) is 2.84. The summed E-state index contributed by atoms with van der Waals surface area (Å²) in [6, 6.07) is 6.16. The predicted octanol–water partition coefficient (Wildman–Crippen LogP) is 3.06. The van der Waals surface area contributed by atoms with Crippen LogP contribution in [0.5, 0.6) is 0 Å². The lowest BCUT2D eigenvalue weighted by atomic mass is 9.57. The van der Waals surface area contributed by atoms with Gasteiger partial charge < -0.3 is 5.32 Å². The predicted molar refractivity (Wildman–Crippen MR) is 72.6 cm³/mol. The van der Waals surface area contributed by atoms with E-state index in [1.165, 1.54) is 31.5 Å². The highest BCUT2D eigenvalue weighted by molar-refractivity contribution is 6.31. The number of nitrogens with zero attached hydrogens (tertiary/aromatic N) is 1. The van der Waals surface area contributed by atoms with Crippen molar-refractivity contribution in [2.45, 2.75) is 26.2 Å². The molecule has 0 unspecified atom stereocenters. The Labute approximate surface area is 113 Å². The van der Waals surface area contributed by atoms with Crippen molar-refractivity contribution in [1.82, 2.24) is 5.32 Å². The highest BCUT2D eigenvalue weighted by Crippen LogP contribution is 2.49. The van der Waals surface area contributed by atoms with Gasteiger partial charge in [0.1, 0.15) is 6.07 Å². The van der Waals surface area contributed by atoms with Crippen LogP contribution >= 0.6 is 11.6 Å². The van der Waals surface area contributed by atoms with Gasteiger partial charge in [-0.25, -0.2) is 0 Å². The molecule has 1 aliphatic heterocycles. The Balaban J connectivity index is 1.72. The first-order chi connectivity index (χ1) is 8.63. The Morgan fingerprint density at radius 3 is 2.72 bits per heavy atom. The molecule has 0 atom stereocenters. The third-order valence-electron chi connectivity index (χ3n) is 4.59. The summed E-state index contributed by atoms with van der Waals surface area (Å²) in [5, 5.41) is 13.1. The molecule has 3 heteroatoms. The molecule has 0 bridgehead atoms. The van der Waals surface area contributed by atoms with E-state index in [4.69, 9.17) is 16.9 Å². The lowest BCUT2D eigenvalue weighted by molar-refractivity contribution is 0.000831. The average Bonchev–Trinajstić information content (AvgIpc) is 2.23. The van der Waals surface area contributed by atoms with Gasteiger partial charge in [0, 0.05) is 13.1 Å². The Hall–Kier alpha value is -1.04. The van der Waals surface area contributed by atoms with Gasteiger partial charge in [-0.3, -0.25) is 0 Å². The summed E-state index contributed by atoms with van der Waals surface area (Å²) < 4.78 is 0. The molecular weight excluding hydrogens is 244 g/mol. The number of halogens is 1. The summed E-state index contributed by atoms with van der Waals surface area (Å²) in [7, 11) is 0. The monoisotopic (exact) mass is 260 g/mol. The summed E-state index contributed by atoms with van der Waals surface area (Å²) in [6.07, 6.45) is 3.77. The fourth-order valence-electron chi connectivity index (χ4n) is 3.47. The molecule has 1 saturated heterocycles. The summed E-state index contributed by atoms with van der Waals surface area (Å²) in [6.45, 7) is 4.41. The number of hydrogen-bond acceptors (Lipinski definition) is 2. The third kappa shape index (κ3) is 1.83. The fourth-order valence-corrected chi connectivity index (χ4v) is 3.71. The van der Waals surface area contributed by atoms with Crippen LogP contribution in [0, 0.1) is 29.6 Å². The van der Waals surface area contributed by atoms with Gasteiger partial charge in [0.25, 0.3) is 0 Å². The first kappa shape index (κ1) is 12.0. The van der Waals surface area contributed by atoms with Crippen molar-refractivity contribution >= 4 is 11.6 Å². The van der Waals surface area contributed by atoms with Crippen molar-refractivity contribution in [2.75, 3.05) is 13.1 Å². The second-order valence-corrected chi connectivity index (χ2v) is 6.31. The van der Waals surface area contributed by atoms with Crippen LogP contribution in [0.2, 0.25) is 5.02 Å². The zero-order valence-corrected chi connectivity index (χ0v) is 11.3. The van der Waals surface area contributed by atoms with E-state index in [-0.39, 0.29) is 0 Å². The number of nitrogens with one attached hydrogen (secondary N) is 1. The fraction of sp³-hybridized carbons (Fsp3) is 0.533. The number of hydrogen-bond donors (Lipinski definition) is 1. The first-order valence-corrected chi connectivity index (χ1v) is 6.90. The minimum atomic E-state index is 0.576. The maximum atomic E-state index is 9.12. The Morgan fingerprint density at radius 2 is 2.17 bits per heavy atom. The van der Waals surface area contributed by atoms with Crippen molar-refractivity contribution in [3.05, 3.63) is 33.8 Å². The SMILES string of the molecule is Cc1c(CC2CC3(CNC3)C2)ccc(Cl)c1C#N. The van der Waals surface area contributed by atoms with Crippen LogP contribution in [0.1, 0.15) is 29.5 Å². The van der Waals surface area contributed by atoms with E-state index in [1.54, 1.807) is 0 Å². The standard InChI is InChI=1S/C15H17ClN2/c1-10-12(2-3-14(16)13(10)7-17)4-11-5-15(6-11)8-18-9-15/h2-3,11,18H,4-6,8-9H2,1H3.